The van der Waals surface area contributed by atoms with Crippen molar-refractivity contribution in [3.05, 3.63) is 76.9 Å². The fourth-order valence-corrected chi connectivity index (χ4v) is 1.86. The fraction of sp³-hybridized carbons (Fsp3) is 0. The summed E-state index contributed by atoms with van der Waals surface area (Å²) in [6.45, 7) is 0. The maximum absolute atomic E-state index is 12.3. The van der Waals surface area contributed by atoms with Crippen molar-refractivity contribution < 1.29 is 14.7 Å². The van der Waals surface area contributed by atoms with Gasteiger partial charge in [0, 0.05) is 11.1 Å². The first-order valence-corrected chi connectivity index (χ1v) is 6.15. The van der Waals surface area contributed by atoms with Gasteiger partial charge < -0.3 is 9.90 Å². The molecule has 102 valence electrons. The number of nitrogens with zero attached hydrogens (tertiary/aromatic N) is 1. The van der Waals surface area contributed by atoms with Gasteiger partial charge >= 0.3 is 0 Å². The van der Waals surface area contributed by atoms with E-state index in [1.807, 2.05) is 12.1 Å². The molecule has 0 aliphatic carbocycles. The van der Waals surface area contributed by atoms with Gasteiger partial charge in [-0.2, -0.15) is 5.26 Å². The number of hydrogen-bond acceptors (Lipinski definition) is 4. The van der Waals surface area contributed by atoms with Gasteiger partial charge in [0.1, 0.15) is 0 Å². The molecule has 0 bridgehead atoms. The largest absolute Gasteiger partial charge is 0.545 e. The fourth-order valence-electron chi connectivity index (χ4n) is 1.86. The molecule has 0 heterocycles. The van der Waals surface area contributed by atoms with E-state index < -0.39 is 5.97 Å². The van der Waals surface area contributed by atoms with Crippen molar-refractivity contribution in [1.29, 1.82) is 5.26 Å². The average Bonchev–Trinajstić information content (AvgIpc) is 2.52. The molecule has 2 rings (SSSR count). The van der Waals surface area contributed by atoms with Crippen LogP contribution in [0.5, 0.6) is 0 Å². The number of nitriles is 1. The molecule has 0 unspecified atom stereocenters. The number of benzene rings is 2. The van der Waals surface area contributed by atoms with Crippen LogP contribution in [-0.4, -0.2) is 11.8 Å². The van der Waals surface area contributed by atoms with E-state index in [4.69, 9.17) is 5.26 Å². The number of rotatable bonds is 4. The lowest BCUT2D eigenvalue weighted by atomic mass is 9.98. The minimum absolute atomic E-state index is 0.191. The molecule has 0 radical (unpaired) electrons. The van der Waals surface area contributed by atoms with E-state index in [9.17, 15) is 14.7 Å². The second kappa shape index (κ2) is 6.31. The first kappa shape index (κ1) is 14.2. The maximum Gasteiger partial charge on any atom is 0.193 e. The van der Waals surface area contributed by atoms with Crippen LogP contribution in [0.4, 0.5) is 0 Å². The maximum atomic E-state index is 12.3. The topological polar surface area (TPSA) is 81.0 Å². The van der Waals surface area contributed by atoms with Crippen molar-refractivity contribution in [2.24, 2.45) is 0 Å². The Morgan fingerprint density at radius 1 is 1.05 bits per heavy atom. The van der Waals surface area contributed by atoms with Crippen molar-refractivity contribution in [2.45, 2.75) is 0 Å². The van der Waals surface area contributed by atoms with Crippen LogP contribution in [0.1, 0.15) is 27.0 Å². The number of aliphatic carboxylic acids is 1. The molecule has 0 N–H and O–H groups in total. The van der Waals surface area contributed by atoms with Crippen molar-refractivity contribution >= 4 is 17.8 Å². The van der Waals surface area contributed by atoms with E-state index in [1.54, 1.807) is 30.3 Å². The molecular weight excluding hydrogens is 266 g/mol. The molecule has 0 aromatic heterocycles. The van der Waals surface area contributed by atoms with E-state index >= 15 is 0 Å². The van der Waals surface area contributed by atoms with Crippen molar-refractivity contribution in [3.63, 3.8) is 0 Å². The van der Waals surface area contributed by atoms with Crippen molar-refractivity contribution in [2.75, 3.05) is 0 Å². The molecule has 4 nitrogen and oxygen atoms in total. The Labute approximate surface area is 121 Å². The van der Waals surface area contributed by atoms with Gasteiger partial charge in [-0.05, 0) is 29.8 Å². The van der Waals surface area contributed by atoms with Gasteiger partial charge in [0.2, 0.25) is 0 Å². The van der Waals surface area contributed by atoms with Gasteiger partial charge in [0.05, 0.1) is 17.6 Å². The Balaban J connectivity index is 2.43. The van der Waals surface area contributed by atoms with Gasteiger partial charge in [-0.15, -0.1) is 0 Å². The molecule has 21 heavy (non-hydrogen) atoms. The normalized spacial score (nSPS) is 10.2. The molecule has 0 amide bonds. The lowest BCUT2D eigenvalue weighted by Gasteiger charge is -2.04. The number of carboxylic acids is 1. The second-order valence-corrected chi connectivity index (χ2v) is 4.26. The molecular formula is C17H10NO3-. The van der Waals surface area contributed by atoms with Crippen LogP contribution in [-0.2, 0) is 4.79 Å². The average molecular weight is 276 g/mol. The minimum Gasteiger partial charge on any atom is -0.545 e. The highest BCUT2D eigenvalue weighted by Gasteiger charge is 2.10. The predicted octanol–water partition coefficient (Wildman–Crippen LogP) is 1.55. The molecule has 0 fully saturated rings. The molecule has 4 heteroatoms. The summed E-state index contributed by atoms with van der Waals surface area (Å²) in [5.41, 5.74) is 1.57. The molecule has 2 aromatic carbocycles. The first-order valence-electron chi connectivity index (χ1n) is 6.15. The zero-order valence-corrected chi connectivity index (χ0v) is 10.9. The third kappa shape index (κ3) is 3.43. The van der Waals surface area contributed by atoms with Crippen molar-refractivity contribution in [1.82, 2.24) is 0 Å². The zero-order valence-electron chi connectivity index (χ0n) is 10.9. The lowest BCUT2D eigenvalue weighted by Crippen LogP contribution is -2.18. The van der Waals surface area contributed by atoms with E-state index in [0.29, 0.717) is 16.7 Å². The zero-order chi connectivity index (χ0) is 15.2. The third-order valence-electron chi connectivity index (χ3n) is 2.87. The Hall–Kier alpha value is -3.19. The Kier molecular flexibility index (Phi) is 4.27. The number of carboxylic acid groups (broad SMARTS) is 1. The highest BCUT2D eigenvalue weighted by Crippen LogP contribution is 2.16. The lowest BCUT2D eigenvalue weighted by molar-refractivity contribution is -0.297. The van der Waals surface area contributed by atoms with Gasteiger partial charge in [-0.3, -0.25) is 4.79 Å². The molecule has 0 saturated carbocycles. The van der Waals surface area contributed by atoms with Crippen LogP contribution in [0, 0.1) is 11.3 Å². The summed E-state index contributed by atoms with van der Waals surface area (Å²) < 4.78 is 0. The third-order valence-corrected chi connectivity index (χ3v) is 2.87. The van der Waals surface area contributed by atoms with Crippen LogP contribution >= 0.6 is 0 Å². The molecule has 0 aliphatic heterocycles. The van der Waals surface area contributed by atoms with Crippen LogP contribution in [0.15, 0.2) is 54.6 Å². The van der Waals surface area contributed by atoms with E-state index in [-0.39, 0.29) is 11.3 Å². The number of carbonyl (C=O) groups is 2. The Morgan fingerprint density at radius 2 is 1.76 bits per heavy atom. The summed E-state index contributed by atoms with van der Waals surface area (Å²) in [5.74, 6) is -1.55. The van der Waals surface area contributed by atoms with Gasteiger partial charge in [0.15, 0.2) is 5.78 Å². The summed E-state index contributed by atoms with van der Waals surface area (Å²) in [6.07, 6.45) is 2.07. The molecule has 2 aromatic rings. The number of carbonyl (C=O) groups excluding carboxylic acids is 2. The van der Waals surface area contributed by atoms with Crippen LogP contribution in [0.25, 0.3) is 6.08 Å². The Bertz CT molecular complexity index is 755. The van der Waals surface area contributed by atoms with E-state index in [2.05, 4.69) is 0 Å². The quantitative estimate of drug-likeness (QED) is 0.626. The molecule has 0 aliphatic rings. The summed E-state index contributed by atoms with van der Waals surface area (Å²) in [7, 11) is 0. The van der Waals surface area contributed by atoms with Gasteiger partial charge in [0.25, 0.3) is 0 Å². The highest BCUT2D eigenvalue weighted by molar-refractivity contribution is 6.09. The van der Waals surface area contributed by atoms with Gasteiger partial charge in [-0.25, -0.2) is 0 Å². The van der Waals surface area contributed by atoms with Crippen molar-refractivity contribution in [3.8, 4) is 6.07 Å². The Morgan fingerprint density at radius 3 is 2.38 bits per heavy atom. The van der Waals surface area contributed by atoms with Crippen LogP contribution in [0.3, 0.4) is 0 Å². The minimum atomic E-state index is -1.36. The smallest absolute Gasteiger partial charge is 0.193 e. The van der Waals surface area contributed by atoms with Gasteiger partial charge in [-0.1, -0.05) is 36.4 Å². The monoisotopic (exact) mass is 276 g/mol. The predicted molar refractivity (Wildman–Crippen MR) is 75.1 cm³/mol. The number of hydrogen-bond donors (Lipinski definition) is 0. The van der Waals surface area contributed by atoms with E-state index in [0.717, 1.165) is 6.08 Å². The second-order valence-electron chi connectivity index (χ2n) is 4.26. The van der Waals surface area contributed by atoms with E-state index in [1.165, 1.54) is 18.2 Å². The SMILES string of the molecule is N#Cc1ccc(C(=O)c2ccccc2)cc1/C=C\C(=O)[O-]. The molecule has 0 atom stereocenters. The standard InChI is InChI=1S/C17H11NO3/c18-11-15-7-6-14(10-13(15)8-9-16(19)20)17(21)12-4-2-1-3-5-12/h1-10H,(H,19,20)/p-1/b9-8-. The summed E-state index contributed by atoms with van der Waals surface area (Å²) in [4.78, 5) is 22.8. The summed E-state index contributed by atoms with van der Waals surface area (Å²) >= 11 is 0. The van der Waals surface area contributed by atoms with Crippen LogP contribution in [0.2, 0.25) is 0 Å². The summed E-state index contributed by atoms with van der Waals surface area (Å²) in [5, 5.41) is 19.5. The van der Waals surface area contributed by atoms with Crippen LogP contribution < -0.4 is 5.11 Å². The molecule has 0 spiro atoms. The first-order chi connectivity index (χ1) is 10.1. The highest BCUT2D eigenvalue weighted by atomic mass is 16.4. The molecule has 0 saturated heterocycles. The summed E-state index contributed by atoms with van der Waals surface area (Å²) in [6, 6.07) is 15.2. The number of ketones is 1.